The van der Waals surface area contributed by atoms with E-state index in [0.29, 0.717) is 24.2 Å². The zero-order valence-electron chi connectivity index (χ0n) is 16.4. The molecule has 0 saturated carbocycles. The molecule has 0 saturated heterocycles. The predicted octanol–water partition coefficient (Wildman–Crippen LogP) is 3.15. The van der Waals surface area contributed by atoms with Crippen LogP contribution >= 0.6 is 0 Å². The third-order valence-corrected chi connectivity index (χ3v) is 4.44. The Kier molecular flexibility index (Phi) is 6.66. The first-order valence-corrected chi connectivity index (χ1v) is 8.86. The maximum atomic E-state index is 13.0. The van der Waals surface area contributed by atoms with Gasteiger partial charge < -0.3 is 10.2 Å². The summed E-state index contributed by atoms with van der Waals surface area (Å²) < 4.78 is 40.3. The molecule has 0 unspecified atom stereocenters. The van der Waals surface area contributed by atoms with Gasteiger partial charge in [-0.3, -0.25) is 14.2 Å². The lowest BCUT2D eigenvalue weighted by Gasteiger charge is -2.16. The van der Waals surface area contributed by atoms with Crippen molar-refractivity contribution in [2.45, 2.75) is 26.4 Å². The smallest absolute Gasteiger partial charge is 0.352 e. The molecule has 8 heteroatoms. The fraction of sp³-hybridized carbons (Fsp3) is 0.400. The normalized spacial score (nSPS) is 11.7. The first-order valence-electron chi connectivity index (χ1n) is 8.86. The van der Waals surface area contributed by atoms with Crippen LogP contribution in [0.1, 0.15) is 33.6 Å². The van der Waals surface area contributed by atoms with Gasteiger partial charge in [-0.2, -0.15) is 13.2 Å². The van der Waals surface area contributed by atoms with Crippen LogP contribution in [0, 0.1) is 13.8 Å². The zero-order valence-corrected chi connectivity index (χ0v) is 16.4. The SMILES string of the molecule is Cc1cc(C(=O)NCCCN(C)C)c(=O)n(-c2cccc(C(F)(F)F)c2)c1C. The Bertz CT molecular complexity index is 918. The summed E-state index contributed by atoms with van der Waals surface area (Å²) in [5.74, 6) is -0.535. The van der Waals surface area contributed by atoms with Crippen LogP contribution in [-0.4, -0.2) is 42.6 Å². The Morgan fingerprint density at radius 2 is 1.86 bits per heavy atom. The highest BCUT2D eigenvalue weighted by Gasteiger charge is 2.30. The number of hydrogen-bond acceptors (Lipinski definition) is 3. The summed E-state index contributed by atoms with van der Waals surface area (Å²) in [6, 6.07) is 5.99. The summed E-state index contributed by atoms with van der Waals surface area (Å²) in [5.41, 5.74) is -0.406. The first kappa shape index (κ1) is 21.7. The van der Waals surface area contributed by atoms with Crippen molar-refractivity contribution in [2.24, 2.45) is 0 Å². The molecule has 1 aromatic heterocycles. The number of aryl methyl sites for hydroxylation is 1. The number of aromatic nitrogens is 1. The molecule has 1 heterocycles. The third-order valence-electron chi connectivity index (χ3n) is 4.44. The van der Waals surface area contributed by atoms with E-state index < -0.39 is 23.2 Å². The van der Waals surface area contributed by atoms with Gasteiger partial charge in [0.15, 0.2) is 0 Å². The van der Waals surface area contributed by atoms with Crippen molar-refractivity contribution < 1.29 is 18.0 Å². The van der Waals surface area contributed by atoms with Crippen molar-refractivity contribution in [1.82, 2.24) is 14.8 Å². The minimum Gasteiger partial charge on any atom is -0.352 e. The van der Waals surface area contributed by atoms with E-state index in [1.165, 1.54) is 18.2 Å². The summed E-state index contributed by atoms with van der Waals surface area (Å²) in [4.78, 5) is 27.3. The van der Waals surface area contributed by atoms with Crippen LogP contribution in [0.5, 0.6) is 0 Å². The summed E-state index contributed by atoms with van der Waals surface area (Å²) in [6.07, 6.45) is -3.81. The number of alkyl halides is 3. The van der Waals surface area contributed by atoms with Crippen molar-refractivity contribution in [3.05, 3.63) is 63.1 Å². The number of amides is 1. The second kappa shape index (κ2) is 8.60. The number of hydrogen-bond donors (Lipinski definition) is 1. The molecule has 0 aliphatic rings. The van der Waals surface area contributed by atoms with Gasteiger partial charge >= 0.3 is 6.18 Å². The number of halogens is 3. The minimum atomic E-state index is -4.52. The van der Waals surface area contributed by atoms with Crippen LogP contribution in [0.15, 0.2) is 35.1 Å². The Morgan fingerprint density at radius 1 is 1.18 bits per heavy atom. The molecule has 1 aromatic carbocycles. The van der Waals surface area contributed by atoms with Gasteiger partial charge in [0, 0.05) is 17.9 Å². The van der Waals surface area contributed by atoms with Crippen molar-refractivity contribution in [2.75, 3.05) is 27.2 Å². The molecule has 0 aliphatic heterocycles. The van der Waals surface area contributed by atoms with Crippen LogP contribution in [0.4, 0.5) is 13.2 Å². The molecule has 152 valence electrons. The second-order valence-corrected chi connectivity index (χ2v) is 6.93. The van der Waals surface area contributed by atoms with Crippen LogP contribution in [0.2, 0.25) is 0 Å². The van der Waals surface area contributed by atoms with Crippen molar-refractivity contribution >= 4 is 5.91 Å². The lowest BCUT2D eigenvalue weighted by molar-refractivity contribution is -0.137. The van der Waals surface area contributed by atoms with Crippen molar-refractivity contribution in [1.29, 1.82) is 0 Å². The Hall–Kier alpha value is -2.61. The van der Waals surface area contributed by atoms with Crippen LogP contribution < -0.4 is 10.9 Å². The number of carbonyl (C=O) groups excluding carboxylic acids is 1. The standard InChI is InChI=1S/C20H24F3N3O2/c1-13-11-17(18(27)24-9-6-10-25(3)4)19(28)26(14(13)2)16-8-5-7-15(12-16)20(21,22)23/h5,7-8,11-12H,6,9-10H2,1-4H3,(H,24,27). The molecule has 0 atom stereocenters. The highest BCUT2D eigenvalue weighted by atomic mass is 19.4. The molecule has 0 radical (unpaired) electrons. The van der Waals surface area contributed by atoms with Crippen LogP contribution in [0.25, 0.3) is 5.69 Å². The first-order chi connectivity index (χ1) is 13.0. The van der Waals surface area contributed by atoms with Gasteiger partial charge in [0.2, 0.25) is 0 Å². The van der Waals surface area contributed by atoms with E-state index in [9.17, 15) is 22.8 Å². The molecule has 5 nitrogen and oxygen atoms in total. The molecule has 0 bridgehead atoms. The van der Waals surface area contributed by atoms with Gasteiger partial charge in [0.05, 0.1) is 5.56 Å². The van der Waals surface area contributed by atoms with Crippen molar-refractivity contribution in [3.8, 4) is 5.69 Å². The maximum Gasteiger partial charge on any atom is 0.416 e. The average Bonchev–Trinajstić information content (AvgIpc) is 2.61. The lowest BCUT2D eigenvalue weighted by atomic mass is 10.1. The van der Waals surface area contributed by atoms with Gasteiger partial charge in [-0.05, 0) is 70.7 Å². The lowest BCUT2D eigenvalue weighted by Crippen LogP contribution is -2.35. The number of nitrogens with zero attached hydrogens (tertiary/aromatic N) is 2. The van der Waals surface area contributed by atoms with E-state index in [1.54, 1.807) is 13.8 Å². The monoisotopic (exact) mass is 395 g/mol. The molecule has 1 amide bonds. The van der Waals surface area contributed by atoms with Gasteiger partial charge in [-0.1, -0.05) is 6.07 Å². The minimum absolute atomic E-state index is 0.0719. The molecule has 0 aliphatic carbocycles. The third kappa shape index (κ3) is 5.01. The molecule has 2 aromatic rings. The fourth-order valence-corrected chi connectivity index (χ4v) is 2.82. The topological polar surface area (TPSA) is 54.3 Å². The molecular formula is C20H24F3N3O2. The zero-order chi connectivity index (χ0) is 21.1. The number of nitrogens with one attached hydrogen (secondary N) is 1. The summed E-state index contributed by atoms with van der Waals surface area (Å²) in [7, 11) is 3.83. The fourth-order valence-electron chi connectivity index (χ4n) is 2.82. The summed E-state index contributed by atoms with van der Waals surface area (Å²) >= 11 is 0. The quantitative estimate of drug-likeness (QED) is 0.765. The van der Waals surface area contributed by atoms with E-state index in [4.69, 9.17) is 0 Å². The molecule has 1 N–H and O–H groups in total. The molecule has 0 fully saturated rings. The van der Waals surface area contributed by atoms with Crippen LogP contribution in [0.3, 0.4) is 0 Å². The number of pyridine rings is 1. The molecule has 28 heavy (non-hydrogen) atoms. The van der Waals surface area contributed by atoms with E-state index in [-0.39, 0.29) is 11.3 Å². The Labute approximate surface area is 161 Å². The van der Waals surface area contributed by atoms with E-state index in [2.05, 4.69) is 5.32 Å². The number of rotatable bonds is 6. The average molecular weight is 395 g/mol. The van der Waals surface area contributed by atoms with Crippen molar-refractivity contribution in [3.63, 3.8) is 0 Å². The summed E-state index contributed by atoms with van der Waals surface area (Å²) in [5, 5.41) is 2.70. The van der Waals surface area contributed by atoms with E-state index >= 15 is 0 Å². The highest BCUT2D eigenvalue weighted by molar-refractivity contribution is 5.94. The maximum absolute atomic E-state index is 13.0. The Morgan fingerprint density at radius 3 is 2.46 bits per heavy atom. The van der Waals surface area contributed by atoms with Gasteiger partial charge in [0.25, 0.3) is 11.5 Å². The number of benzene rings is 1. The van der Waals surface area contributed by atoms with Crippen LogP contribution in [-0.2, 0) is 6.18 Å². The number of carbonyl (C=O) groups is 1. The Balaban J connectivity index is 2.42. The highest BCUT2D eigenvalue weighted by Crippen LogP contribution is 2.30. The van der Waals surface area contributed by atoms with E-state index in [0.717, 1.165) is 23.2 Å². The summed E-state index contributed by atoms with van der Waals surface area (Å²) in [6.45, 7) is 4.52. The van der Waals surface area contributed by atoms with Gasteiger partial charge in [0.1, 0.15) is 5.56 Å². The molecule has 0 spiro atoms. The van der Waals surface area contributed by atoms with E-state index in [1.807, 2.05) is 19.0 Å². The van der Waals surface area contributed by atoms with Gasteiger partial charge in [-0.15, -0.1) is 0 Å². The molecule has 2 rings (SSSR count). The molecular weight excluding hydrogens is 371 g/mol. The largest absolute Gasteiger partial charge is 0.416 e. The van der Waals surface area contributed by atoms with Gasteiger partial charge in [-0.25, -0.2) is 0 Å². The predicted molar refractivity (Wildman–Crippen MR) is 102 cm³/mol. The second-order valence-electron chi connectivity index (χ2n) is 6.93.